The Bertz CT molecular complexity index is 1240. The van der Waals surface area contributed by atoms with Crippen molar-refractivity contribution in [3.05, 3.63) is 78.0 Å². The number of pyridine rings is 1. The minimum atomic E-state index is -0.242. The highest BCUT2D eigenvalue weighted by Crippen LogP contribution is 2.25. The molecule has 0 aliphatic heterocycles. The van der Waals surface area contributed by atoms with E-state index in [1.165, 1.54) is 6.92 Å². The summed E-state index contributed by atoms with van der Waals surface area (Å²) in [5, 5.41) is 2.87. The number of imidazole rings is 1. The van der Waals surface area contributed by atoms with E-state index in [-0.39, 0.29) is 11.7 Å². The zero-order chi connectivity index (χ0) is 21.1. The summed E-state index contributed by atoms with van der Waals surface area (Å²) in [6, 6.07) is 18.1. The van der Waals surface area contributed by atoms with E-state index in [9.17, 15) is 9.59 Å². The standard InChI is InChI=1S/C24H22N4O2/c1-3-13-28-22(27-21-11-6-12-25-23(21)28)18-8-4-9-19(14-18)24(30)26-20-10-5-7-17(15-20)16(2)29/h4-12,14-15H,3,13H2,1-2H3,(H,26,30). The van der Waals surface area contributed by atoms with Crippen LogP contribution in [0.2, 0.25) is 0 Å². The van der Waals surface area contributed by atoms with Gasteiger partial charge in [-0.05, 0) is 49.7 Å². The lowest BCUT2D eigenvalue weighted by atomic mass is 10.1. The Balaban J connectivity index is 1.67. The number of anilines is 1. The Morgan fingerprint density at radius 1 is 1.00 bits per heavy atom. The Kier molecular flexibility index (Phi) is 5.39. The van der Waals surface area contributed by atoms with Crippen molar-refractivity contribution in [1.29, 1.82) is 0 Å². The fourth-order valence-electron chi connectivity index (χ4n) is 3.43. The molecule has 2 aromatic heterocycles. The van der Waals surface area contributed by atoms with Crippen molar-refractivity contribution in [1.82, 2.24) is 14.5 Å². The Hall–Kier alpha value is -3.80. The Morgan fingerprint density at radius 2 is 1.80 bits per heavy atom. The summed E-state index contributed by atoms with van der Waals surface area (Å²) in [4.78, 5) is 33.6. The number of aryl methyl sites for hydroxylation is 1. The quantitative estimate of drug-likeness (QED) is 0.466. The van der Waals surface area contributed by atoms with Gasteiger partial charge in [0.2, 0.25) is 0 Å². The monoisotopic (exact) mass is 398 g/mol. The molecule has 4 rings (SSSR count). The molecule has 0 saturated carbocycles. The van der Waals surface area contributed by atoms with Crippen LogP contribution in [-0.4, -0.2) is 26.2 Å². The molecule has 0 bridgehead atoms. The van der Waals surface area contributed by atoms with E-state index < -0.39 is 0 Å². The molecule has 150 valence electrons. The van der Waals surface area contributed by atoms with E-state index in [0.717, 1.165) is 35.5 Å². The number of fused-ring (bicyclic) bond motifs is 1. The number of ketones is 1. The van der Waals surface area contributed by atoms with Gasteiger partial charge >= 0.3 is 0 Å². The van der Waals surface area contributed by atoms with Crippen molar-refractivity contribution >= 4 is 28.5 Å². The minimum absolute atomic E-state index is 0.0449. The van der Waals surface area contributed by atoms with Gasteiger partial charge in [0.05, 0.1) is 0 Å². The molecule has 1 amide bonds. The van der Waals surface area contributed by atoms with E-state index >= 15 is 0 Å². The third-order valence-electron chi connectivity index (χ3n) is 4.86. The molecule has 2 aromatic carbocycles. The maximum Gasteiger partial charge on any atom is 0.255 e. The van der Waals surface area contributed by atoms with Gasteiger partial charge in [-0.2, -0.15) is 0 Å². The summed E-state index contributed by atoms with van der Waals surface area (Å²) >= 11 is 0. The maximum absolute atomic E-state index is 12.8. The molecule has 0 fully saturated rings. The second kappa shape index (κ2) is 8.29. The number of aromatic nitrogens is 3. The number of hydrogen-bond acceptors (Lipinski definition) is 4. The fourth-order valence-corrected chi connectivity index (χ4v) is 3.43. The average molecular weight is 398 g/mol. The van der Waals surface area contributed by atoms with Crippen LogP contribution in [0.1, 0.15) is 41.0 Å². The topological polar surface area (TPSA) is 76.9 Å². The molecule has 0 spiro atoms. The van der Waals surface area contributed by atoms with Crippen LogP contribution in [0.3, 0.4) is 0 Å². The van der Waals surface area contributed by atoms with Gasteiger partial charge in [-0.25, -0.2) is 9.97 Å². The number of carbonyl (C=O) groups excluding carboxylic acids is 2. The van der Waals surface area contributed by atoms with E-state index in [1.807, 2.05) is 30.3 Å². The van der Waals surface area contributed by atoms with Crippen LogP contribution < -0.4 is 5.32 Å². The molecule has 2 heterocycles. The SMILES string of the molecule is CCCn1c(-c2cccc(C(=O)Nc3cccc(C(C)=O)c3)c2)nc2cccnc21. The highest BCUT2D eigenvalue weighted by atomic mass is 16.1. The maximum atomic E-state index is 12.8. The largest absolute Gasteiger partial charge is 0.322 e. The molecule has 0 unspecified atom stereocenters. The van der Waals surface area contributed by atoms with Gasteiger partial charge in [0, 0.05) is 35.1 Å². The molecule has 0 atom stereocenters. The average Bonchev–Trinajstić information content (AvgIpc) is 3.13. The Morgan fingerprint density at radius 3 is 2.60 bits per heavy atom. The molecular weight excluding hydrogens is 376 g/mol. The summed E-state index contributed by atoms with van der Waals surface area (Å²) in [7, 11) is 0. The summed E-state index contributed by atoms with van der Waals surface area (Å²) in [5.41, 5.74) is 4.18. The summed E-state index contributed by atoms with van der Waals surface area (Å²) in [6.07, 6.45) is 2.71. The number of nitrogens with one attached hydrogen (secondary N) is 1. The van der Waals surface area contributed by atoms with E-state index in [2.05, 4.69) is 21.8 Å². The molecule has 4 aromatic rings. The van der Waals surface area contributed by atoms with Crippen molar-refractivity contribution in [3.8, 4) is 11.4 Å². The fraction of sp³-hybridized carbons (Fsp3) is 0.167. The number of carbonyl (C=O) groups is 2. The van der Waals surface area contributed by atoms with Crippen LogP contribution in [-0.2, 0) is 6.54 Å². The predicted molar refractivity (Wildman–Crippen MR) is 118 cm³/mol. The van der Waals surface area contributed by atoms with Crippen LogP contribution in [0, 0.1) is 0 Å². The lowest BCUT2D eigenvalue weighted by Crippen LogP contribution is -2.12. The highest BCUT2D eigenvalue weighted by molar-refractivity contribution is 6.05. The van der Waals surface area contributed by atoms with Crippen molar-refractivity contribution in [3.63, 3.8) is 0 Å². The van der Waals surface area contributed by atoms with Gasteiger partial charge in [-0.3, -0.25) is 9.59 Å². The number of benzene rings is 2. The number of nitrogens with zero attached hydrogens (tertiary/aromatic N) is 3. The number of amides is 1. The third kappa shape index (κ3) is 3.85. The van der Waals surface area contributed by atoms with Crippen LogP contribution in [0.4, 0.5) is 5.69 Å². The van der Waals surface area contributed by atoms with Gasteiger partial charge in [0.25, 0.3) is 5.91 Å². The lowest BCUT2D eigenvalue weighted by Gasteiger charge is -2.10. The zero-order valence-corrected chi connectivity index (χ0v) is 16.9. The molecule has 0 aliphatic carbocycles. The molecule has 1 N–H and O–H groups in total. The molecule has 6 heteroatoms. The first-order chi connectivity index (χ1) is 14.6. The minimum Gasteiger partial charge on any atom is -0.322 e. The van der Waals surface area contributed by atoms with E-state index in [1.54, 1.807) is 36.5 Å². The van der Waals surface area contributed by atoms with Gasteiger partial charge in [-0.15, -0.1) is 0 Å². The first-order valence-electron chi connectivity index (χ1n) is 9.91. The Labute approximate surface area is 174 Å². The molecular formula is C24H22N4O2. The third-order valence-corrected chi connectivity index (χ3v) is 4.86. The van der Waals surface area contributed by atoms with Crippen molar-refractivity contribution in [2.75, 3.05) is 5.32 Å². The summed E-state index contributed by atoms with van der Waals surface area (Å²) in [6.45, 7) is 4.40. The van der Waals surface area contributed by atoms with Crippen LogP contribution in [0.15, 0.2) is 66.9 Å². The number of rotatable bonds is 6. The number of hydrogen-bond donors (Lipinski definition) is 1. The van der Waals surface area contributed by atoms with Crippen LogP contribution in [0.5, 0.6) is 0 Å². The molecule has 6 nitrogen and oxygen atoms in total. The second-order valence-corrected chi connectivity index (χ2v) is 7.11. The predicted octanol–water partition coefficient (Wildman–Crippen LogP) is 4.96. The van der Waals surface area contributed by atoms with E-state index in [4.69, 9.17) is 4.98 Å². The first-order valence-corrected chi connectivity index (χ1v) is 9.91. The van der Waals surface area contributed by atoms with Crippen LogP contribution >= 0.6 is 0 Å². The number of Topliss-reactive ketones (excluding diaryl/α,β-unsaturated/α-hetero) is 1. The normalized spacial score (nSPS) is 10.9. The lowest BCUT2D eigenvalue weighted by molar-refractivity contribution is 0.101. The van der Waals surface area contributed by atoms with Gasteiger partial charge in [0.15, 0.2) is 11.4 Å². The van der Waals surface area contributed by atoms with Crippen molar-refractivity contribution in [2.24, 2.45) is 0 Å². The summed E-state index contributed by atoms with van der Waals surface area (Å²) < 4.78 is 2.09. The first kappa shape index (κ1) is 19.5. The molecule has 30 heavy (non-hydrogen) atoms. The molecule has 0 radical (unpaired) electrons. The van der Waals surface area contributed by atoms with Crippen molar-refractivity contribution < 1.29 is 9.59 Å². The van der Waals surface area contributed by atoms with Gasteiger partial charge in [0.1, 0.15) is 11.3 Å². The van der Waals surface area contributed by atoms with E-state index in [0.29, 0.717) is 16.8 Å². The van der Waals surface area contributed by atoms with Gasteiger partial charge in [-0.1, -0.05) is 31.2 Å². The molecule has 0 saturated heterocycles. The second-order valence-electron chi connectivity index (χ2n) is 7.11. The van der Waals surface area contributed by atoms with Crippen molar-refractivity contribution in [2.45, 2.75) is 26.8 Å². The van der Waals surface area contributed by atoms with Crippen LogP contribution in [0.25, 0.3) is 22.6 Å². The summed E-state index contributed by atoms with van der Waals surface area (Å²) in [5.74, 6) is 0.504. The zero-order valence-electron chi connectivity index (χ0n) is 16.9. The molecule has 0 aliphatic rings. The smallest absolute Gasteiger partial charge is 0.255 e. The van der Waals surface area contributed by atoms with Gasteiger partial charge < -0.3 is 9.88 Å². The highest BCUT2D eigenvalue weighted by Gasteiger charge is 2.15.